The average Bonchev–Trinajstić information content (AvgIpc) is 3.00. The van der Waals surface area contributed by atoms with Gasteiger partial charge in [-0.3, -0.25) is 4.79 Å². The molecule has 8 heteroatoms. The number of nitrogens with two attached hydrogens (primary N) is 1. The molecule has 0 bridgehead atoms. The number of carbonyl (C=O) groups is 1. The fourth-order valence-electron chi connectivity index (χ4n) is 3.58. The van der Waals surface area contributed by atoms with Crippen molar-refractivity contribution < 1.29 is 4.79 Å². The third-order valence-electron chi connectivity index (χ3n) is 4.95. The second-order valence-electron chi connectivity index (χ2n) is 6.65. The Balaban J connectivity index is 0.00000210. The maximum absolute atomic E-state index is 12.8. The van der Waals surface area contributed by atoms with Gasteiger partial charge in [-0.05, 0) is 55.7 Å². The first-order valence-electron chi connectivity index (χ1n) is 8.70. The Hall–Kier alpha value is -2.93. The van der Waals surface area contributed by atoms with E-state index in [0.717, 1.165) is 36.3 Å². The van der Waals surface area contributed by atoms with E-state index in [1.54, 1.807) is 18.2 Å². The second kappa shape index (κ2) is 7.36. The van der Waals surface area contributed by atoms with Gasteiger partial charge in [0.25, 0.3) is 0 Å². The second-order valence-corrected chi connectivity index (χ2v) is 6.65. The van der Waals surface area contributed by atoms with Crippen LogP contribution in [0, 0.1) is 0 Å². The van der Waals surface area contributed by atoms with E-state index in [1.165, 1.54) is 0 Å². The Morgan fingerprint density at radius 1 is 1.22 bits per heavy atom. The number of rotatable bonds is 3. The zero-order chi connectivity index (χ0) is 18.3. The fourth-order valence-corrected chi connectivity index (χ4v) is 3.58. The quantitative estimate of drug-likeness (QED) is 0.518. The van der Waals surface area contributed by atoms with Gasteiger partial charge in [0, 0.05) is 23.6 Å². The molecule has 1 aromatic heterocycles. The normalized spacial score (nSPS) is 14.3. The van der Waals surface area contributed by atoms with E-state index in [4.69, 9.17) is 5.73 Å². The molecule has 4 rings (SSSR count). The molecule has 0 saturated carbocycles. The molecule has 27 heavy (non-hydrogen) atoms. The molecule has 1 aliphatic heterocycles. The number of hydrogen-bond acceptors (Lipinski definition) is 4. The molecule has 5 N–H and O–H groups in total. The van der Waals surface area contributed by atoms with Crippen LogP contribution in [0.3, 0.4) is 0 Å². The van der Waals surface area contributed by atoms with Gasteiger partial charge in [-0.2, -0.15) is 0 Å². The van der Waals surface area contributed by atoms with Crippen LogP contribution in [-0.2, 0) is 11.2 Å². The van der Waals surface area contributed by atoms with Crippen molar-refractivity contribution in [2.24, 2.45) is 0 Å². The number of nitrogens with zero attached hydrogens (tertiary/aromatic N) is 1. The van der Waals surface area contributed by atoms with E-state index in [-0.39, 0.29) is 30.0 Å². The average molecular weight is 388 g/mol. The highest BCUT2D eigenvalue weighted by molar-refractivity contribution is 5.98. The number of benzene rings is 2. The van der Waals surface area contributed by atoms with Crippen LogP contribution in [-0.4, -0.2) is 28.5 Å². The Labute approximate surface area is 162 Å². The number of halogens is 1. The predicted molar refractivity (Wildman–Crippen MR) is 111 cm³/mol. The predicted octanol–water partition coefficient (Wildman–Crippen LogP) is 2.64. The summed E-state index contributed by atoms with van der Waals surface area (Å²) < 4.78 is 0. The maximum Gasteiger partial charge on any atom is 0.323 e. The van der Waals surface area contributed by atoms with Crippen LogP contribution >= 0.6 is 12.4 Å². The van der Waals surface area contributed by atoms with Crippen molar-refractivity contribution >= 4 is 46.4 Å². The summed E-state index contributed by atoms with van der Waals surface area (Å²) in [7, 11) is 0. The Morgan fingerprint density at radius 3 is 2.81 bits per heavy atom. The van der Waals surface area contributed by atoms with E-state index in [2.05, 4.69) is 20.2 Å². The summed E-state index contributed by atoms with van der Waals surface area (Å²) in [6.45, 7) is 2.71. The first-order valence-corrected chi connectivity index (χ1v) is 8.70. The number of fused-ring (bicyclic) bond motifs is 2. The summed E-state index contributed by atoms with van der Waals surface area (Å²) in [5, 5.41) is 2.94. The maximum atomic E-state index is 12.8. The van der Waals surface area contributed by atoms with Crippen LogP contribution in [0.15, 0.2) is 41.2 Å². The Bertz CT molecular complexity index is 1040. The highest BCUT2D eigenvalue weighted by atomic mass is 35.5. The summed E-state index contributed by atoms with van der Waals surface area (Å²) >= 11 is 0. The summed E-state index contributed by atoms with van der Waals surface area (Å²) in [6.07, 6.45) is 1.90. The first kappa shape index (κ1) is 18.8. The lowest BCUT2D eigenvalue weighted by Gasteiger charge is -2.36. The summed E-state index contributed by atoms with van der Waals surface area (Å²) in [5.41, 5.74) is 10.8. The minimum atomic E-state index is -0.336. The van der Waals surface area contributed by atoms with Gasteiger partial charge in [-0.25, -0.2) is 4.79 Å². The van der Waals surface area contributed by atoms with Gasteiger partial charge in [-0.15, -0.1) is 12.4 Å². The van der Waals surface area contributed by atoms with Gasteiger partial charge in [0.1, 0.15) is 6.04 Å². The molecule has 1 amide bonds. The van der Waals surface area contributed by atoms with Crippen molar-refractivity contribution in [2.45, 2.75) is 25.8 Å². The van der Waals surface area contributed by atoms with Gasteiger partial charge < -0.3 is 25.9 Å². The molecule has 3 aromatic rings. The molecule has 2 heterocycles. The summed E-state index contributed by atoms with van der Waals surface area (Å²) in [5.74, 6) is -0.0995. The molecular weight excluding hydrogens is 366 g/mol. The van der Waals surface area contributed by atoms with Crippen LogP contribution in [0.1, 0.15) is 18.9 Å². The van der Waals surface area contributed by atoms with E-state index in [1.807, 2.05) is 25.1 Å². The van der Waals surface area contributed by atoms with Crippen LogP contribution in [0.4, 0.5) is 17.1 Å². The number of nitrogen functional groups attached to an aromatic ring is 1. The largest absolute Gasteiger partial charge is 0.398 e. The fraction of sp³-hybridized carbons (Fsp3) is 0.263. The molecule has 0 radical (unpaired) electrons. The number of H-pyrrole nitrogens is 2. The summed E-state index contributed by atoms with van der Waals surface area (Å²) in [4.78, 5) is 31.6. The molecule has 2 aromatic carbocycles. The number of hydrogen-bond donors (Lipinski definition) is 4. The number of imidazole rings is 1. The first-order chi connectivity index (χ1) is 12.5. The van der Waals surface area contributed by atoms with E-state index >= 15 is 0 Å². The number of aromatic amines is 2. The van der Waals surface area contributed by atoms with Crippen molar-refractivity contribution in [3.8, 4) is 0 Å². The lowest BCUT2D eigenvalue weighted by Crippen LogP contribution is -2.44. The summed E-state index contributed by atoms with van der Waals surface area (Å²) in [6, 6.07) is 10.8. The standard InChI is InChI=1S/C19H21N5O2.ClH/c1-11(24-9-3-4-13-14(20)5-2-6-17(13)24)18(25)21-12-7-8-15-16(10-12)23-19(26)22-15;/h2,5-8,10-11H,3-4,9,20H2,1H3,(H,21,25)(H2,22,23,26);1H. The number of amides is 1. The molecule has 1 aliphatic rings. The molecule has 1 unspecified atom stereocenters. The number of carbonyl (C=O) groups excluding carboxylic acids is 1. The van der Waals surface area contributed by atoms with Crippen molar-refractivity contribution in [3.05, 3.63) is 52.4 Å². The third-order valence-corrected chi connectivity index (χ3v) is 4.95. The Kier molecular flexibility index (Phi) is 5.14. The molecule has 7 nitrogen and oxygen atoms in total. The highest BCUT2D eigenvalue weighted by Crippen LogP contribution is 2.32. The zero-order valence-electron chi connectivity index (χ0n) is 14.9. The van der Waals surface area contributed by atoms with Gasteiger partial charge in [-0.1, -0.05) is 6.07 Å². The van der Waals surface area contributed by atoms with E-state index in [9.17, 15) is 9.59 Å². The van der Waals surface area contributed by atoms with E-state index in [0.29, 0.717) is 16.7 Å². The zero-order valence-corrected chi connectivity index (χ0v) is 15.7. The van der Waals surface area contributed by atoms with Gasteiger partial charge in [0.15, 0.2) is 0 Å². The minimum Gasteiger partial charge on any atom is -0.398 e. The highest BCUT2D eigenvalue weighted by Gasteiger charge is 2.27. The van der Waals surface area contributed by atoms with Crippen molar-refractivity contribution in [2.75, 3.05) is 22.5 Å². The van der Waals surface area contributed by atoms with Crippen molar-refractivity contribution in [1.82, 2.24) is 9.97 Å². The molecule has 142 valence electrons. The molecule has 1 atom stereocenters. The lowest BCUT2D eigenvalue weighted by molar-refractivity contribution is -0.117. The van der Waals surface area contributed by atoms with E-state index < -0.39 is 0 Å². The lowest BCUT2D eigenvalue weighted by atomic mass is 9.98. The molecule has 0 aliphatic carbocycles. The molecule has 0 fully saturated rings. The smallest absolute Gasteiger partial charge is 0.323 e. The number of aromatic nitrogens is 2. The van der Waals surface area contributed by atoms with Gasteiger partial charge >= 0.3 is 5.69 Å². The van der Waals surface area contributed by atoms with Crippen LogP contribution in [0.5, 0.6) is 0 Å². The molecular formula is C19H22ClN5O2. The van der Waals surface area contributed by atoms with Crippen LogP contribution < -0.4 is 21.6 Å². The topological polar surface area (TPSA) is 107 Å². The van der Waals surface area contributed by atoms with Crippen molar-refractivity contribution in [3.63, 3.8) is 0 Å². The number of nitrogens with one attached hydrogen (secondary N) is 3. The van der Waals surface area contributed by atoms with Crippen molar-refractivity contribution in [1.29, 1.82) is 0 Å². The SMILES string of the molecule is CC(C(=O)Nc1ccc2[nH]c(=O)[nH]c2c1)N1CCCc2c(N)cccc21.Cl. The third kappa shape index (κ3) is 3.50. The van der Waals surface area contributed by atoms with Gasteiger partial charge in [0.05, 0.1) is 11.0 Å². The monoisotopic (exact) mass is 387 g/mol. The minimum absolute atomic E-state index is 0. The van der Waals surface area contributed by atoms with Gasteiger partial charge in [0.2, 0.25) is 5.91 Å². The number of anilines is 3. The van der Waals surface area contributed by atoms with Crippen LogP contribution in [0.2, 0.25) is 0 Å². The molecule has 0 spiro atoms. The van der Waals surface area contributed by atoms with Crippen LogP contribution in [0.25, 0.3) is 11.0 Å². The Morgan fingerprint density at radius 2 is 2.00 bits per heavy atom. The molecule has 0 saturated heterocycles.